The Bertz CT molecular complexity index is 1180. The molecule has 0 bridgehead atoms. The predicted molar refractivity (Wildman–Crippen MR) is 119 cm³/mol. The Morgan fingerprint density at radius 3 is 2.77 bits per heavy atom. The molecule has 0 aliphatic carbocycles. The van der Waals surface area contributed by atoms with E-state index in [1.165, 1.54) is 0 Å². The summed E-state index contributed by atoms with van der Waals surface area (Å²) in [5, 5.41) is 0. The first kappa shape index (κ1) is 19.3. The normalized spacial score (nSPS) is 16.8. The number of allylic oxidation sites excluding steroid dienone is 3. The average molecular weight is 410 g/mol. The van der Waals surface area contributed by atoms with Gasteiger partial charge >= 0.3 is 0 Å². The summed E-state index contributed by atoms with van der Waals surface area (Å²) < 4.78 is 12.1. The fourth-order valence-corrected chi connectivity index (χ4v) is 3.92. The van der Waals surface area contributed by atoms with E-state index in [1.807, 2.05) is 73.7 Å². The number of Topliss-reactive ketones (excluding diaryl/α,β-unsaturated/α-hetero) is 1. The van der Waals surface area contributed by atoms with Crippen molar-refractivity contribution in [3.05, 3.63) is 107 Å². The molecule has 0 saturated carbocycles. The molecule has 154 valence electrons. The Hall–Kier alpha value is -3.70. The second kappa shape index (κ2) is 8.20. The zero-order chi connectivity index (χ0) is 21.2. The van der Waals surface area contributed by atoms with Gasteiger partial charge in [-0.3, -0.25) is 14.7 Å². The molecule has 2 aliphatic rings. The minimum absolute atomic E-state index is 0.0881. The van der Waals surface area contributed by atoms with Crippen molar-refractivity contribution in [2.45, 2.75) is 20.0 Å². The van der Waals surface area contributed by atoms with Crippen LogP contribution in [0.5, 0.6) is 11.5 Å². The number of aryl methyl sites for hydroxylation is 1. The highest BCUT2D eigenvalue weighted by Crippen LogP contribution is 2.43. The van der Waals surface area contributed by atoms with Crippen molar-refractivity contribution in [3.8, 4) is 11.5 Å². The summed E-state index contributed by atoms with van der Waals surface area (Å²) in [6.45, 7) is 3.69. The predicted octanol–water partition coefficient (Wildman–Crippen LogP) is 4.91. The summed E-state index contributed by atoms with van der Waals surface area (Å²) in [5.74, 6) is 1.64. The number of benzene rings is 2. The molecule has 0 N–H and O–H groups in total. The van der Waals surface area contributed by atoms with E-state index in [2.05, 4.69) is 9.88 Å². The quantitative estimate of drug-likeness (QED) is 0.572. The lowest BCUT2D eigenvalue weighted by Crippen LogP contribution is -2.32. The number of carbonyl (C=O) groups excluding carboxylic acids is 1. The van der Waals surface area contributed by atoms with Crippen LogP contribution < -0.4 is 9.47 Å². The van der Waals surface area contributed by atoms with Gasteiger partial charge in [0.05, 0.1) is 16.8 Å². The van der Waals surface area contributed by atoms with Gasteiger partial charge in [-0.25, -0.2) is 0 Å². The number of hydrogen-bond acceptors (Lipinski definition) is 5. The molecule has 0 radical (unpaired) electrons. The topological polar surface area (TPSA) is 51.7 Å². The zero-order valence-electron chi connectivity index (χ0n) is 17.2. The van der Waals surface area contributed by atoms with E-state index in [0.29, 0.717) is 36.9 Å². The second-order valence-corrected chi connectivity index (χ2v) is 7.69. The highest BCUT2D eigenvalue weighted by Gasteiger charge is 2.35. The van der Waals surface area contributed by atoms with Crippen molar-refractivity contribution in [2.75, 3.05) is 6.73 Å². The summed E-state index contributed by atoms with van der Waals surface area (Å²) in [6, 6.07) is 17.8. The monoisotopic (exact) mass is 410 g/mol. The lowest BCUT2D eigenvalue weighted by molar-refractivity contribution is 0.0860. The fourth-order valence-electron chi connectivity index (χ4n) is 3.92. The molecule has 3 aromatic rings. The van der Waals surface area contributed by atoms with Crippen LogP contribution in [0.15, 0.2) is 78.7 Å². The van der Waals surface area contributed by atoms with Crippen LogP contribution in [0.1, 0.15) is 32.7 Å². The summed E-state index contributed by atoms with van der Waals surface area (Å²) >= 11 is 0. The van der Waals surface area contributed by atoms with E-state index in [1.54, 1.807) is 12.3 Å². The van der Waals surface area contributed by atoms with Crippen LogP contribution in [0.4, 0.5) is 0 Å². The van der Waals surface area contributed by atoms with Crippen molar-refractivity contribution < 1.29 is 14.3 Å². The number of ether oxygens (including phenoxy) is 2. The molecule has 1 aromatic heterocycles. The molecule has 5 rings (SSSR count). The number of rotatable bonds is 4. The Labute approximate surface area is 181 Å². The minimum Gasteiger partial charge on any atom is -0.478 e. The molecule has 0 atom stereocenters. The molecule has 5 nitrogen and oxygen atoms in total. The Balaban J connectivity index is 1.41. The number of pyridine rings is 1. The zero-order valence-corrected chi connectivity index (χ0v) is 17.2. The van der Waals surface area contributed by atoms with Crippen molar-refractivity contribution in [3.63, 3.8) is 0 Å². The second-order valence-electron chi connectivity index (χ2n) is 7.69. The van der Waals surface area contributed by atoms with E-state index in [0.717, 1.165) is 28.1 Å². The summed E-state index contributed by atoms with van der Waals surface area (Å²) in [6.07, 6.45) is 7.32. The third-order valence-corrected chi connectivity index (χ3v) is 5.44. The SMILES string of the molecule is Cc1cc2c(c3c1C(=O)/C(=C/C=C/c1ccccc1)O3)CN(Cc1ccccn1)CO2. The summed E-state index contributed by atoms with van der Waals surface area (Å²) in [5.41, 5.74) is 4.44. The van der Waals surface area contributed by atoms with Gasteiger partial charge in [0.15, 0.2) is 5.76 Å². The van der Waals surface area contributed by atoms with Crippen LogP contribution in [-0.4, -0.2) is 22.4 Å². The molecule has 0 spiro atoms. The van der Waals surface area contributed by atoms with E-state index in [-0.39, 0.29) is 5.78 Å². The van der Waals surface area contributed by atoms with E-state index in [4.69, 9.17) is 9.47 Å². The van der Waals surface area contributed by atoms with Gasteiger partial charge in [-0.2, -0.15) is 0 Å². The van der Waals surface area contributed by atoms with Crippen molar-refractivity contribution in [1.29, 1.82) is 0 Å². The minimum atomic E-state index is -0.0881. The summed E-state index contributed by atoms with van der Waals surface area (Å²) in [4.78, 5) is 19.6. The van der Waals surface area contributed by atoms with Crippen LogP contribution >= 0.6 is 0 Å². The number of nitrogens with zero attached hydrogens (tertiary/aromatic N) is 2. The summed E-state index contributed by atoms with van der Waals surface area (Å²) in [7, 11) is 0. The highest BCUT2D eigenvalue weighted by molar-refractivity contribution is 6.14. The van der Waals surface area contributed by atoms with Crippen LogP contribution in [0, 0.1) is 6.92 Å². The fraction of sp³-hybridized carbons (Fsp3) is 0.154. The van der Waals surface area contributed by atoms with Crippen LogP contribution in [0.3, 0.4) is 0 Å². The molecule has 3 heterocycles. The molecular weight excluding hydrogens is 388 g/mol. The smallest absolute Gasteiger partial charge is 0.232 e. The van der Waals surface area contributed by atoms with Gasteiger partial charge in [0.2, 0.25) is 5.78 Å². The number of ketones is 1. The van der Waals surface area contributed by atoms with Crippen molar-refractivity contribution in [2.24, 2.45) is 0 Å². The lowest BCUT2D eigenvalue weighted by atomic mass is 9.99. The molecule has 5 heteroatoms. The Morgan fingerprint density at radius 1 is 1.13 bits per heavy atom. The van der Waals surface area contributed by atoms with E-state index in [9.17, 15) is 4.79 Å². The van der Waals surface area contributed by atoms with Crippen LogP contribution in [0.2, 0.25) is 0 Å². The number of hydrogen-bond donors (Lipinski definition) is 0. The van der Waals surface area contributed by atoms with Gasteiger partial charge in [-0.05, 0) is 42.3 Å². The standard InChI is InChI=1S/C26H22N2O3/c1-18-14-23-21(16-28(17-30-23)15-20-11-5-6-13-27-20)26-24(18)25(29)22(31-26)12-7-10-19-8-3-2-4-9-19/h2-14H,15-17H2,1H3/b10-7+,22-12-. The van der Waals surface area contributed by atoms with Gasteiger partial charge in [0.1, 0.15) is 18.2 Å². The Kier molecular flexibility index (Phi) is 5.10. The highest BCUT2D eigenvalue weighted by atomic mass is 16.5. The maximum absolute atomic E-state index is 13.0. The maximum atomic E-state index is 13.0. The third kappa shape index (κ3) is 3.88. The van der Waals surface area contributed by atoms with Gasteiger partial charge in [0, 0.05) is 19.3 Å². The first-order valence-electron chi connectivity index (χ1n) is 10.3. The lowest BCUT2D eigenvalue weighted by Gasteiger charge is -2.29. The maximum Gasteiger partial charge on any atom is 0.232 e. The van der Waals surface area contributed by atoms with Gasteiger partial charge in [-0.15, -0.1) is 0 Å². The molecule has 0 fully saturated rings. The van der Waals surface area contributed by atoms with Gasteiger partial charge < -0.3 is 9.47 Å². The first-order chi connectivity index (χ1) is 15.2. The molecule has 31 heavy (non-hydrogen) atoms. The van der Waals surface area contributed by atoms with Crippen molar-refractivity contribution >= 4 is 11.9 Å². The van der Waals surface area contributed by atoms with Crippen molar-refractivity contribution in [1.82, 2.24) is 9.88 Å². The van der Waals surface area contributed by atoms with E-state index >= 15 is 0 Å². The van der Waals surface area contributed by atoms with Crippen LogP contribution in [-0.2, 0) is 13.1 Å². The number of carbonyl (C=O) groups is 1. The third-order valence-electron chi connectivity index (χ3n) is 5.44. The molecular formula is C26H22N2O3. The average Bonchev–Trinajstić information content (AvgIpc) is 3.13. The van der Waals surface area contributed by atoms with Crippen LogP contribution in [0.25, 0.3) is 6.08 Å². The molecule has 2 aliphatic heterocycles. The van der Waals surface area contributed by atoms with Gasteiger partial charge in [-0.1, -0.05) is 48.6 Å². The first-order valence-corrected chi connectivity index (χ1v) is 10.3. The van der Waals surface area contributed by atoms with E-state index < -0.39 is 0 Å². The molecule has 0 unspecified atom stereocenters. The Morgan fingerprint density at radius 2 is 1.97 bits per heavy atom. The molecule has 2 aromatic carbocycles. The number of fused-ring (bicyclic) bond motifs is 3. The largest absolute Gasteiger partial charge is 0.478 e. The number of aromatic nitrogens is 1. The molecule has 0 amide bonds. The molecule has 0 saturated heterocycles. The van der Waals surface area contributed by atoms with Gasteiger partial charge in [0.25, 0.3) is 0 Å².